The minimum absolute atomic E-state index is 0.0249. The second kappa shape index (κ2) is 9.04. The predicted octanol–water partition coefficient (Wildman–Crippen LogP) is 4.42. The summed E-state index contributed by atoms with van der Waals surface area (Å²) in [5.74, 6) is 0.312. The number of nitrogens with one attached hydrogen (secondary N) is 2. The van der Waals surface area contributed by atoms with Gasteiger partial charge < -0.3 is 15.4 Å². The molecule has 0 fully saturated rings. The highest BCUT2D eigenvalue weighted by Gasteiger charge is 2.26. The first kappa shape index (κ1) is 20.7. The van der Waals surface area contributed by atoms with E-state index in [2.05, 4.69) is 10.6 Å². The van der Waals surface area contributed by atoms with Crippen molar-refractivity contribution in [1.29, 1.82) is 0 Å². The second-order valence-corrected chi connectivity index (χ2v) is 8.00. The van der Waals surface area contributed by atoms with Crippen LogP contribution in [0.2, 0.25) is 0 Å². The van der Waals surface area contributed by atoms with Gasteiger partial charge in [0.05, 0.1) is 5.92 Å². The number of ether oxygens (including phenoxy) is 1. The smallest absolute Gasteiger partial charge is 0.255 e. The number of anilines is 1. The maximum Gasteiger partial charge on any atom is 0.255 e. The maximum absolute atomic E-state index is 12.7. The minimum atomic E-state index is -0.265. The molecule has 1 atom stereocenters. The van der Waals surface area contributed by atoms with Gasteiger partial charge in [0.2, 0.25) is 5.91 Å². The Morgan fingerprint density at radius 1 is 1.00 bits per heavy atom. The Bertz CT molecular complexity index is 1120. The minimum Gasteiger partial charge on any atom is -0.492 e. The van der Waals surface area contributed by atoms with Crippen LogP contribution in [-0.4, -0.2) is 18.4 Å². The number of rotatable bonds is 5. The molecule has 31 heavy (non-hydrogen) atoms. The van der Waals surface area contributed by atoms with E-state index in [0.29, 0.717) is 30.8 Å². The van der Waals surface area contributed by atoms with E-state index in [9.17, 15) is 9.59 Å². The highest BCUT2D eigenvalue weighted by Crippen LogP contribution is 2.30. The first-order chi connectivity index (χ1) is 15.0. The van der Waals surface area contributed by atoms with Gasteiger partial charge in [0.25, 0.3) is 5.91 Å². The third kappa shape index (κ3) is 4.94. The Kier molecular flexibility index (Phi) is 6.03. The molecule has 4 rings (SSSR count). The molecule has 5 heteroatoms. The van der Waals surface area contributed by atoms with E-state index in [0.717, 1.165) is 28.0 Å². The summed E-state index contributed by atoms with van der Waals surface area (Å²) in [5, 5.41) is 5.96. The van der Waals surface area contributed by atoms with Gasteiger partial charge in [0.1, 0.15) is 12.4 Å². The van der Waals surface area contributed by atoms with Crippen LogP contribution in [0, 0.1) is 19.8 Å². The number of carbonyl (C=O) groups excluding carboxylic acids is 2. The topological polar surface area (TPSA) is 67.4 Å². The number of hydrogen-bond donors (Lipinski definition) is 2. The molecule has 1 heterocycles. The largest absolute Gasteiger partial charge is 0.492 e. The van der Waals surface area contributed by atoms with Crippen molar-refractivity contribution in [3.05, 3.63) is 94.5 Å². The van der Waals surface area contributed by atoms with Gasteiger partial charge in [-0.05, 0) is 67.3 Å². The monoisotopic (exact) mass is 414 g/mol. The number of aryl methyl sites for hydroxylation is 2. The van der Waals surface area contributed by atoms with Crippen molar-refractivity contribution in [2.75, 3.05) is 11.9 Å². The van der Waals surface area contributed by atoms with Crippen molar-refractivity contribution in [3.63, 3.8) is 0 Å². The van der Waals surface area contributed by atoms with Gasteiger partial charge in [0, 0.05) is 17.8 Å². The molecule has 1 aliphatic heterocycles. The Labute approximate surface area is 182 Å². The van der Waals surface area contributed by atoms with E-state index in [1.54, 1.807) is 6.07 Å². The molecule has 3 aromatic rings. The van der Waals surface area contributed by atoms with Crippen LogP contribution < -0.4 is 15.4 Å². The van der Waals surface area contributed by atoms with Crippen molar-refractivity contribution in [1.82, 2.24) is 5.32 Å². The van der Waals surface area contributed by atoms with Crippen molar-refractivity contribution >= 4 is 17.5 Å². The Morgan fingerprint density at radius 2 is 1.84 bits per heavy atom. The lowest BCUT2D eigenvalue weighted by atomic mass is 9.95. The van der Waals surface area contributed by atoms with Crippen LogP contribution in [0.25, 0.3) is 0 Å². The summed E-state index contributed by atoms with van der Waals surface area (Å²) in [6, 6.07) is 21.0. The molecule has 0 spiro atoms. The fourth-order valence-corrected chi connectivity index (χ4v) is 3.77. The SMILES string of the molecule is Cc1cccc(C(=O)Nc2ccc3c(c2)CC(C(=O)NCc2ccccc2C)CO3)c1. The molecule has 158 valence electrons. The van der Waals surface area contributed by atoms with Crippen LogP contribution in [-0.2, 0) is 17.8 Å². The van der Waals surface area contributed by atoms with Crippen molar-refractivity contribution in [2.45, 2.75) is 26.8 Å². The zero-order valence-corrected chi connectivity index (χ0v) is 17.8. The van der Waals surface area contributed by atoms with Gasteiger partial charge in [0.15, 0.2) is 0 Å². The van der Waals surface area contributed by atoms with Gasteiger partial charge in [-0.15, -0.1) is 0 Å². The Morgan fingerprint density at radius 3 is 2.65 bits per heavy atom. The van der Waals surface area contributed by atoms with E-state index in [1.165, 1.54) is 0 Å². The summed E-state index contributed by atoms with van der Waals surface area (Å²) >= 11 is 0. The summed E-state index contributed by atoms with van der Waals surface area (Å²) in [6.07, 6.45) is 0.573. The molecule has 0 bridgehead atoms. The fraction of sp³-hybridized carbons (Fsp3) is 0.231. The molecule has 0 aromatic heterocycles. The van der Waals surface area contributed by atoms with E-state index < -0.39 is 0 Å². The molecule has 2 N–H and O–H groups in total. The average molecular weight is 415 g/mol. The predicted molar refractivity (Wildman–Crippen MR) is 121 cm³/mol. The van der Waals surface area contributed by atoms with Gasteiger partial charge in [-0.3, -0.25) is 9.59 Å². The van der Waals surface area contributed by atoms with Crippen molar-refractivity contribution in [2.24, 2.45) is 5.92 Å². The van der Waals surface area contributed by atoms with Crippen LogP contribution >= 0.6 is 0 Å². The molecule has 2 amide bonds. The molecule has 3 aromatic carbocycles. The lowest BCUT2D eigenvalue weighted by Gasteiger charge is -2.25. The first-order valence-corrected chi connectivity index (χ1v) is 10.5. The van der Waals surface area contributed by atoms with Crippen LogP contribution in [0.1, 0.15) is 32.6 Å². The lowest BCUT2D eigenvalue weighted by molar-refractivity contribution is -0.126. The second-order valence-electron chi connectivity index (χ2n) is 8.00. The number of carbonyl (C=O) groups is 2. The van der Waals surface area contributed by atoms with Gasteiger partial charge in [-0.25, -0.2) is 0 Å². The van der Waals surface area contributed by atoms with Gasteiger partial charge in [-0.2, -0.15) is 0 Å². The average Bonchev–Trinajstić information content (AvgIpc) is 2.78. The molecular formula is C26H26N2O3. The van der Waals surface area contributed by atoms with E-state index in [1.807, 2.05) is 74.5 Å². The molecule has 0 aliphatic carbocycles. The lowest BCUT2D eigenvalue weighted by Crippen LogP contribution is -2.37. The summed E-state index contributed by atoms with van der Waals surface area (Å²) < 4.78 is 5.82. The van der Waals surface area contributed by atoms with Crippen LogP contribution in [0.3, 0.4) is 0 Å². The van der Waals surface area contributed by atoms with E-state index in [4.69, 9.17) is 4.74 Å². The first-order valence-electron chi connectivity index (χ1n) is 10.5. The fourth-order valence-electron chi connectivity index (χ4n) is 3.77. The summed E-state index contributed by atoms with van der Waals surface area (Å²) in [5.41, 5.74) is 5.52. The normalized spacial score (nSPS) is 14.8. The van der Waals surface area contributed by atoms with Crippen molar-refractivity contribution < 1.29 is 14.3 Å². The molecular weight excluding hydrogens is 388 g/mol. The molecule has 0 radical (unpaired) electrons. The number of fused-ring (bicyclic) bond motifs is 1. The highest BCUT2D eigenvalue weighted by molar-refractivity contribution is 6.04. The zero-order chi connectivity index (χ0) is 21.8. The summed E-state index contributed by atoms with van der Waals surface area (Å²) in [6.45, 7) is 4.84. The molecule has 0 saturated carbocycles. The number of hydrogen-bond acceptors (Lipinski definition) is 3. The van der Waals surface area contributed by atoms with E-state index in [-0.39, 0.29) is 17.7 Å². The summed E-state index contributed by atoms with van der Waals surface area (Å²) in [4.78, 5) is 25.3. The highest BCUT2D eigenvalue weighted by atomic mass is 16.5. The standard InChI is InChI=1S/C26H26N2O3/c1-17-6-5-9-19(12-17)26(30)28-23-10-11-24-21(14-23)13-22(16-31-24)25(29)27-15-20-8-4-3-7-18(20)2/h3-12,14,22H,13,15-16H2,1-2H3,(H,27,29)(H,28,30). The van der Waals surface area contributed by atoms with Crippen LogP contribution in [0.5, 0.6) is 5.75 Å². The maximum atomic E-state index is 12.7. The number of benzene rings is 3. The molecule has 5 nitrogen and oxygen atoms in total. The molecule has 1 unspecified atom stereocenters. The van der Waals surface area contributed by atoms with Gasteiger partial charge in [-0.1, -0.05) is 42.0 Å². The number of amides is 2. The van der Waals surface area contributed by atoms with E-state index >= 15 is 0 Å². The zero-order valence-electron chi connectivity index (χ0n) is 17.8. The molecule has 0 saturated heterocycles. The Balaban J connectivity index is 1.40. The summed E-state index contributed by atoms with van der Waals surface area (Å²) in [7, 11) is 0. The third-order valence-corrected chi connectivity index (χ3v) is 5.59. The Hall–Kier alpha value is -3.60. The van der Waals surface area contributed by atoms with Crippen LogP contribution in [0.4, 0.5) is 5.69 Å². The third-order valence-electron chi connectivity index (χ3n) is 5.59. The quantitative estimate of drug-likeness (QED) is 0.649. The molecule has 1 aliphatic rings. The van der Waals surface area contributed by atoms with Gasteiger partial charge >= 0.3 is 0 Å². The van der Waals surface area contributed by atoms with Crippen LogP contribution in [0.15, 0.2) is 66.7 Å². The van der Waals surface area contributed by atoms with Crippen molar-refractivity contribution in [3.8, 4) is 5.75 Å².